The van der Waals surface area contributed by atoms with Gasteiger partial charge in [0.1, 0.15) is 0 Å². The summed E-state index contributed by atoms with van der Waals surface area (Å²) < 4.78 is 5.96. The summed E-state index contributed by atoms with van der Waals surface area (Å²) in [5.41, 5.74) is 4.84. The molecule has 150 valence electrons. The number of pyridine rings is 1. The zero-order valence-corrected chi connectivity index (χ0v) is 17.7. The standard InChI is InChI=1S/C22H22ClN3O2S/c1-2-19(20-12-29-13-25-20)26-21(27)16-9-18(15-5-7-17(23)8-6-15)22(24-10-16)28-11-14-3-4-14/h5-10,12-14,19H,2-4,11H2,1H3,(H,26,27). The molecule has 0 saturated heterocycles. The number of amides is 1. The van der Waals surface area contributed by atoms with Crippen molar-refractivity contribution in [2.45, 2.75) is 32.2 Å². The number of rotatable bonds is 8. The number of halogens is 1. The van der Waals surface area contributed by atoms with Gasteiger partial charge in [0.25, 0.3) is 5.91 Å². The molecule has 3 aromatic rings. The monoisotopic (exact) mass is 427 g/mol. The molecule has 1 unspecified atom stereocenters. The van der Waals surface area contributed by atoms with Crippen molar-refractivity contribution in [3.05, 3.63) is 63.7 Å². The van der Waals surface area contributed by atoms with Crippen molar-refractivity contribution in [3.8, 4) is 17.0 Å². The third-order valence-corrected chi connectivity index (χ3v) is 5.80. The van der Waals surface area contributed by atoms with Crippen LogP contribution in [-0.2, 0) is 0 Å². The highest BCUT2D eigenvalue weighted by molar-refractivity contribution is 7.07. The Morgan fingerprint density at radius 1 is 1.31 bits per heavy atom. The van der Waals surface area contributed by atoms with E-state index in [9.17, 15) is 4.79 Å². The van der Waals surface area contributed by atoms with Gasteiger partial charge in [0.05, 0.1) is 29.4 Å². The molecule has 4 rings (SSSR count). The Balaban J connectivity index is 1.60. The third-order valence-electron chi connectivity index (χ3n) is 4.94. The molecule has 0 aliphatic heterocycles. The van der Waals surface area contributed by atoms with Gasteiger partial charge in [-0.25, -0.2) is 9.97 Å². The van der Waals surface area contributed by atoms with Crippen molar-refractivity contribution in [3.63, 3.8) is 0 Å². The second-order valence-corrected chi connectivity index (χ2v) is 8.34. The van der Waals surface area contributed by atoms with E-state index in [2.05, 4.69) is 15.3 Å². The Labute approximate surface area is 179 Å². The van der Waals surface area contributed by atoms with Gasteiger partial charge < -0.3 is 10.1 Å². The maximum atomic E-state index is 12.9. The lowest BCUT2D eigenvalue weighted by Crippen LogP contribution is -2.28. The number of carbonyl (C=O) groups excluding carboxylic acids is 1. The van der Waals surface area contributed by atoms with Crippen LogP contribution in [0.25, 0.3) is 11.1 Å². The Morgan fingerprint density at radius 2 is 2.10 bits per heavy atom. The first kappa shape index (κ1) is 19.9. The van der Waals surface area contributed by atoms with Gasteiger partial charge in [-0.3, -0.25) is 4.79 Å². The van der Waals surface area contributed by atoms with Gasteiger partial charge in [0, 0.05) is 22.2 Å². The topological polar surface area (TPSA) is 64.1 Å². The predicted octanol–water partition coefficient (Wildman–Crippen LogP) is 5.53. The lowest BCUT2D eigenvalue weighted by molar-refractivity contribution is 0.0934. The number of hydrogen-bond donors (Lipinski definition) is 1. The van der Waals surface area contributed by atoms with Crippen LogP contribution in [0, 0.1) is 5.92 Å². The molecule has 1 aliphatic carbocycles. The normalized spacial score (nSPS) is 14.4. The van der Waals surface area contributed by atoms with E-state index in [-0.39, 0.29) is 11.9 Å². The van der Waals surface area contributed by atoms with Crippen molar-refractivity contribution in [1.82, 2.24) is 15.3 Å². The number of aromatic nitrogens is 2. The van der Waals surface area contributed by atoms with E-state index < -0.39 is 0 Å². The number of nitrogens with one attached hydrogen (secondary N) is 1. The van der Waals surface area contributed by atoms with Crippen molar-refractivity contribution >= 4 is 28.8 Å². The van der Waals surface area contributed by atoms with Gasteiger partial charge in [0.2, 0.25) is 5.88 Å². The van der Waals surface area contributed by atoms with Gasteiger partial charge >= 0.3 is 0 Å². The lowest BCUT2D eigenvalue weighted by atomic mass is 10.0. The van der Waals surface area contributed by atoms with Gasteiger partial charge in [-0.15, -0.1) is 11.3 Å². The van der Waals surface area contributed by atoms with Crippen LogP contribution in [0.15, 0.2) is 47.4 Å². The molecule has 29 heavy (non-hydrogen) atoms. The lowest BCUT2D eigenvalue weighted by Gasteiger charge is -2.16. The fraction of sp³-hybridized carbons (Fsp3) is 0.318. The zero-order chi connectivity index (χ0) is 20.2. The molecule has 0 spiro atoms. The van der Waals surface area contributed by atoms with Crippen LogP contribution < -0.4 is 10.1 Å². The van der Waals surface area contributed by atoms with Crippen LogP contribution in [0.2, 0.25) is 5.02 Å². The first-order chi connectivity index (χ1) is 14.1. The highest BCUT2D eigenvalue weighted by atomic mass is 35.5. The largest absolute Gasteiger partial charge is 0.477 e. The van der Waals surface area contributed by atoms with Gasteiger partial charge in [-0.1, -0.05) is 30.7 Å². The highest BCUT2D eigenvalue weighted by Gasteiger charge is 2.23. The highest BCUT2D eigenvalue weighted by Crippen LogP contribution is 2.33. The van der Waals surface area contributed by atoms with Crippen molar-refractivity contribution < 1.29 is 9.53 Å². The van der Waals surface area contributed by atoms with Crippen molar-refractivity contribution in [2.75, 3.05) is 6.61 Å². The minimum Gasteiger partial charge on any atom is -0.477 e. The van der Waals surface area contributed by atoms with Crippen LogP contribution in [0.4, 0.5) is 0 Å². The molecule has 5 nitrogen and oxygen atoms in total. The molecule has 0 radical (unpaired) electrons. The summed E-state index contributed by atoms with van der Waals surface area (Å²) in [5, 5.41) is 5.67. The van der Waals surface area contributed by atoms with E-state index in [1.165, 1.54) is 24.2 Å². The van der Waals surface area contributed by atoms with E-state index in [0.717, 1.165) is 23.2 Å². The molecule has 1 amide bonds. The van der Waals surface area contributed by atoms with Crippen LogP contribution in [0.3, 0.4) is 0 Å². The smallest absolute Gasteiger partial charge is 0.253 e. The molecule has 1 aromatic carbocycles. The molecule has 1 fully saturated rings. The molecular weight excluding hydrogens is 406 g/mol. The second-order valence-electron chi connectivity index (χ2n) is 7.19. The average molecular weight is 428 g/mol. The SMILES string of the molecule is CCC(NC(=O)c1cnc(OCC2CC2)c(-c2ccc(Cl)cc2)c1)c1cscn1. The first-order valence-corrected chi connectivity index (χ1v) is 11.0. The fourth-order valence-electron chi connectivity index (χ4n) is 3.03. The number of thiazole rings is 1. The van der Waals surface area contributed by atoms with E-state index >= 15 is 0 Å². The van der Waals surface area contributed by atoms with Crippen LogP contribution in [0.5, 0.6) is 5.88 Å². The summed E-state index contributed by atoms with van der Waals surface area (Å²) in [6.45, 7) is 2.68. The Hall–Kier alpha value is -2.44. The summed E-state index contributed by atoms with van der Waals surface area (Å²) in [5.74, 6) is 0.977. The number of benzene rings is 1. The van der Waals surface area contributed by atoms with Crippen LogP contribution in [0.1, 0.15) is 48.3 Å². The Bertz CT molecular complexity index is 972. The number of hydrogen-bond acceptors (Lipinski definition) is 5. The van der Waals surface area contributed by atoms with Gasteiger partial charge in [0.15, 0.2) is 0 Å². The average Bonchev–Trinajstić information content (AvgIpc) is 3.42. The quantitative estimate of drug-likeness (QED) is 0.513. The molecule has 1 atom stereocenters. The summed E-state index contributed by atoms with van der Waals surface area (Å²) in [6.07, 6.45) is 4.73. The molecule has 1 aliphatic rings. The van der Waals surface area contributed by atoms with Crippen LogP contribution in [-0.4, -0.2) is 22.5 Å². The van der Waals surface area contributed by atoms with E-state index in [0.29, 0.717) is 29.0 Å². The van der Waals surface area contributed by atoms with Gasteiger partial charge in [-0.05, 0) is 48.9 Å². The number of ether oxygens (including phenoxy) is 1. The summed E-state index contributed by atoms with van der Waals surface area (Å²) in [4.78, 5) is 21.7. The maximum Gasteiger partial charge on any atom is 0.253 e. The predicted molar refractivity (Wildman–Crippen MR) is 116 cm³/mol. The maximum absolute atomic E-state index is 12.9. The van der Waals surface area contributed by atoms with Crippen LogP contribution >= 0.6 is 22.9 Å². The zero-order valence-electron chi connectivity index (χ0n) is 16.1. The third kappa shape index (κ3) is 4.95. The molecule has 2 aromatic heterocycles. The van der Waals surface area contributed by atoms with E-state index in [4.69, 9.17) is 16.3 Å². The first-order valence-electron chi connectivity index (χ1n) is 9.71. The summed E-state index contributed by atoms with van der Waals surface area (Å²) in [7, 11) is 0. The minimum absolute atomic E-state index is 0.126. The Kier molecular flexibility index (Phi) is 6.11. The fourth-order valence-corrected chi connectivity index (χ4v) is 3.76. The summed E-state index contributed by atoms with van der Waals surface area (Å²) in [6, 6.07) is 9.18. The van der Waals surface area contributed by atoms with E-state index in [1.807, 2.05) is 42.6 Å². The molecule has 1 saturated carbocycles. The molecule has 7 heteroatoms. The van der Waals surface area contributed by atoms with Crippen molar-refractivity contribution in [1.29, 1.82) is 0 Å². The summed E-state index contributed by atoms with van der Waals surface area (Å²) >= 11 is 7.56. The number of carbonyl (C=O) groups is 1. The molecular formula is C22H22ClN3O2S. The van der Waals surface area contributed by atoms with E-state index in [1.54, 1.807) is 11.7 Å². The molecule has 1 N–H and O–H groups in total. The Morgan fingerprint density at radius 3 is 2.76 bits per heavy atom. The molecule has 0 bridgehead atoms. The molecule has 2 heterocycles. The minimum atomic E-state index is -0.179. The van der Waals surface area contributed by atoms with Crippen molar-refractivity contribution in [2.24, 2.45) is 5.92 Å². The van der Waals surface area contributed by atoms with Gasteiger partial charge in [-0.2, -0.15) is 0 Å². The number of nitrogens with zero attached hydrogens (tertiary/aromatic N) is 2. The second kappa shape index (κ2) is 8.93.